The van der Waals surface area contributed by atoms with Gasteiger partial charge in [0.2, 0.25) is 5.91 Å². The third kappa shape index (κ3) is 3.62. The van der Waals surface area contributed by atoms with Crippen molar-refractivity contribution in [2.24, 2.45) is 0 Å². The molecule has 3 aromatic carbocycles. The van der Waals surface area contributed by atoms with E-state index in [4.69, 9.17) is 0 Å². The van der Waals surface area contributed by atoms with Crippen LogP contribution in [0, 0.1) is 6.92 Å². The highest BCUT2D eigenvalue weighted by atomic mass is 16.2. The summed E-state index contributed by atoms with van der Waals surface area (Å²) in [6.45, 7) is 3.78. The Morgan fingerprint density at radius 2 is 1.53 bits per heavy atom. The lowest BCUT2D eigenvalue weighted by Gasteiger charge is -2.32. The zero-order chi connectivity index (χ0) is 21.1. The van der Waals surface area contributed by atoms with Gasteiger partial charge in [-0.05, 0) is 36.6 Å². The number of nitrogens with zero attached hydrogens (tertiary/aromatic N) is 2. The van der Waals surface area contributed by atoms with Crippen molar-refractivity contribution in [1.82, 2.24) is 14.9 Å². The van der Waals surface area contributed by atoms with Gasteiger partial charge in [-0.1, -0.05) is 72.8 Å². The summed E-state index contributed by atoms with van der Waals surface area (Å²) >= 11 is 0. The predicted octanol–water partition coefficient (Wildman–Crippen LogP) is 3.78. The largest absolute Gasteiger partial charge is 0.341 e. The molecule has 0 radical (unpaired) electrons. The van der Waals surface area contributed by atoms with Gasteiger partial charge in [-0.25, -0.2) is 4.98 Å². The smallest absolute Gasteiger partial charge is 0.261 e. The molecule has 1 aromatic heterocycles. The third-order valence-electron chi connectivity index (χ3n) is 5.46. The molecule has 0 unspecified atom stereocenters. The first-order chi connectivity index (χ1) is 14.5. The van der Waals surface area contributed by atoms with Crippen LogP contribution in [0.4, 0.5) is 0 Å². The Hall–Kier alpha value is -3.73. The van der Waals surface area contributed by atoms with Crippen LogP contribution in [-0.2, 0) is 16.9 Å². The minimum atomic E-state index is -0.732. The van der Waals surface area contributed by atoms with E-state index in [-0.39, 0.29) is 18.0 Å². The predicted molar refractivity (Wildman–Crippen MR) is 118 cm³/mol. The molecule has 0 aliphatic rings. The van der Waals surface area contributed by atoms with Crippen LogP contribution in [0.1, 0.15) is 23.6 Å². The van der Waals surface area contributed by atoms with E-state index in [0.29, 0.717) is 10.9 Å². The van der Waals surface area contributed by atoms with Crippen LogP contribution in [0.25, 0.3) is 10.9 Å². The molecule has 1 N–H and O–H groups in total. The first kappa shape index (κ1) is 19.6. The van der Waals surface area contributed by atoms with Gasteiger partial charge in [0, 0.05) is 0 Å². The summed E-state index contributed by atoms with van der Waals surface area (Å²) in [5.74, 6) is -0.263. The second-order valence-corrected chi connectivity index (χ2v) is 7.55. The minimum absolute atomic E-state index is 0.106. The first-order valence-corrected chi connectivity index (χ1v) is 9.86. The van der Waals surface area contributed by atoms with E-state index in [9.17, 15) is 9.59 Å². The number of amides is 1. The minimum Gasteiger partial charge on any atom is -0.341 e. The van der Waals surface area contributed by atoms with Gasteiger partial charge in [0.05, 0.1) is 22.8 Å². The van der Waals surface area contributed by atoms with Crippen molar-refractivity contribution in [2.75, 3.05) is 0 Å². The second-order valence-electron chi connectivity index (χ2n) is 7.55. The number of hydrogen-bond acceptors (Lipinski definition) is 3. The topological polar surface area (TPSA) is 64.0 Å². The second kappa shape index (κ2) is 7.95. The molecule has 5 heteroatoms. The molecule has 4 rings (SSSR count). The zero-order valence-electron chi connectivity index (χ0n) is 17.0. The van der Waals surface area contributed by atoms with E-state index in [1.54, 1.807) is 6.07 Å². The highest BCUT2D eigenvalue weighted by Crippen LogP contribution is 2.29. The number of carbonyl (C=O) groups is 1. The Bertz CT molecular complexity index is 1210. The average molecular weight is 397 g/mol. The van der Waals surface area contributed by atoms with Gasteiger partial charge in [-0.2, -0.15) is 0 Å². The number of rotatable bonds is 5. The van der Waals surface area contributed by atoms with Crippen LogP contribution in [0.5, 0.6) is 0 Å². The maximum atomic E-state index is 13.0. The van der Waals surface area contributed by atoms with Crippen molar-refractivity contribution >= 4 is 16.8 Å². The van der Waals surface area contributed by atoms with Crippen molar-refractivity contribution in [3.63, 3.8) is 0 Å². The van der Waals surface area contributed by atoms with Crippen molar-refractivity contribution in [3.8, 4) is 0 Å². The molecule has 30 heavy (non-hydrogen) atoms. The van der Waals surface area contributed by atoms with E-state index in [1.807, 2.05) is 86.6 Å². The van der Waals surface area contributed by atoms with Crippen LogP contribution in [0.2, 0.25) is 0 Å². The molecule has 0 bridgehead atoms. The number of carbonyl (C=O) groups excluding carboxylic acids is 1. The molecular formula is C25H23N3O2. The molecule has 1 amide bonds. The van der Waals surface area contributed by atoms with Crippen LogP contribution in [0.15, 0.2) is 90.0 Å². The summed E-state index contributed by atoms with van der Waals surface area (Å²) < 4.78 is 1.35. The summed E-state index contributed by atoms with van der Waals surface area (Å²) in [6, 6.07) is 25.1. The molecule has 4 aromatic rings. The Morgan fingerprint density at radius 3 is 2.13 bits per heavy atom. The Morgan fingerprint density at radius 1 is 0.933 bits per heavy atom. The number of para-hydroxylation sites is 1. The van der Waals surface area contributed by atoms with Gasteiger partial charge in [0.15, 0.2) is 0 Å². The van der Waals surface area contributed by atoms with Gasteiger partial charge < -0.3 is 5.32 Å². The average Bonchev–Trinajstić information content (AvgIpc) is 2.77. The number of fused-ring (bicyclic) bond motifs is 1. The lowest BCUT2D eigenvalue weighted by molar-refractivity contribution is -0.123. The molecule has 0 aliphatic heterocycles. The fraction of sp³-hybridized carbons (Fsp3) is 0.160. The van der Waals surface area contributed by atoms with E-state index < -0.39 is 5.54 Å². The first-order valence-electron chi connectivity index (χ1n) is 9.86. The molecule has 150 valence electrons. The summed E-state index contributed by atoms with van der Waals surface area (Å²) in [4.78, 5) is 30.3. The highest BCUT2D eigenvalue weighted by Gasteiger charge is 2.30. The zero-order valence-corrected chi connectivity index (χ0v) is 17.0. The SMILES string of the molecule is Cc1cccc2c(=O)n(CC(=O)NC(C)(c3ccccc3)c3ccccc3)cnc12. The number of nitrogens with one attached hydrogen (secondary N) is 1. The Kier molecular flexibility index (Phi) is 5.19. The Labute approximate surface area is 175 Å². The highest BCUT2D eigenvalue weighted by molar-refractivity contribution is 5.81. The van der Waals surface area contributed by atoms with E-state index >= 15 is 0 Å². The maximum absolute atomic E-state index is 13.0. The van der Waals surface area contributed by atoms with E-state index in [1.165, 1.54) is 10.9 Å². The quantitative estimate of drug-likeness (QED) is 0.557. The van der Waals surface area contributed by atoms with Crippen molar-refractivity contribution in [3.05, 3.63) is 112 Å². The van der Waals surface area contributed by atoms with Gasteiger partial charge in [0.1, 0.15) is 6.54 Å². The monoisotopic (exact) mass is 397 g/mol. The molecule has 0 saturated heterocycles. The molecule has 1 heterocycles. The van der Waals surface area contributed by atoms with Crippen molar-refractivity contribution < 1.29 is 4.79 Å². The van der Waals surface area contributed by atoms with Crippen LogP contribution >= 0.6 is 0 Å². The summed E-state index contributed by atoms with van der Waals surface area (Å²) in [6.07, 6.45) is 1.44. The molecule has 5 nitrogen and oxygen atoms in total. The van der Waals surface area contributed by atoms with E-state index in [2.05, 4.69) is 10.3 Å². The lowest BCUT2D eigenvalue weighted by Crippen LogP contribution is -2.46. The van der Waals surface area contributed by atoms with Gasteiger partial charge in [-0.3, -0.25) is 14.2 Å². The van der Waals surface area contributed by atoms with Gasteiger partial charge in [0.25, 0.3) is 5.56 Å². The molecule has 0 fully saturated rings. The molecule has 0 saturated carbocycles. The van der Waals surface area contributed by atoms with Gasteiger partial charge >= 0.3 is 0 Å². The fourth-order valence-corrected chi connectivity index (χ4v) is 3.78. The normalized spacial score (nSPS) is 11.4. The number of hydrogen-bond donors (Lipinski definition) is 1. The third-order valence-corrected chi connectivity index (χ3v) is 5.46. The van der Waals surface area contributed by atoms with Crippen molar-refractivity contribution in [2.45, 2.75) is 25.9 Å². The fourth-order valence-electron chi connectivity index (χ4n) is 3.78. The number of aromatic nitrogens is 2. The molecule has 0 aliphatic carbocycles. The van der Waals surface area contributed by atoms with Crippen LogP contribution in [0.3, 0.4) is 0 Å². The summed E-state index contributed by atoms with van der Waals surface area (Å²) in [5, 5.41) is 3.65. The Balaban J connectivity index is 1.67. The molecule has 0 spiro atoms. The number of aryl methyl sites for hydroxylation is 1. The standard InChI is InChI=1S/C25H23N3O2/c1-18-10-9-15-21-23(18)26-17-28(24(21)30)16-22(29)27-25(2,19-11-5-3-6-12-19)20-13-7-4-8-14-20/h3-15,17H,16H2,1-2H3,(H,27,29). The van der Waals surface area contributed by atoms with Crippen LogP contribution in [-0.4, -0.2) is 15.5 Å². The summed E-state index contributed by atoms with van der Waals surface area (Å²) in [7, 11) is 0. The van der Waals surface area contributed by atoms with Crippen molar-refractivity contribution in [1.29, 1.82) is 0 Å². The summed E-state index contributed by atoms with van der Waals surface area (Å²) in [5.41, 5.74) is 2.57. The van der Waals surface area contributed by atoms with Crippen LogP contribution < -0.4 is 10.9 Å². The lowest BCUT2D eigenvalue weighted by atomic mass is 9.84. The number of benzene rings is 3. The van der Waals surface area contributed by atoms with Gasteiger partial charge in [-0.15, -0.1) is 0 Å². The maximum Gasteiger partial charge on any atom is 0.261 e. The van der Waals surface area contributed by atoms with E-state index in [0.717, 1.165) is 16.7 Å². The molecular weight excluding hydrogens is 374 g/mol. The molecule has 0 atom stereocenters.